The highest BCUT2D eigenvalue weighted by molar-refractivity contribution is 5.89. The third kappa shape index (κ3) is 5.52. The average molecular weight is 472 g/mol. The number of amides is 2. The van der Waals surface area contributed by atoms with Gasteiger partial charge in [0.2, 0.25) is 12.3 Å². The number of halogens is 2. The Bertz CT molecular complexity index is 1030. The number of nitrogens with one attached hydrogen (secondary N) is 2. The van der Waals surface area contributed by atoms with E-state index in [0.29, 0.717) is 0 Å². The Labute approximate surface area is 195 Å². The van der Waals surface area contributed by atoms with E-state index < -0.39 is 42.9 Å². The van der Waals surface area contributed by atoms with Crippen molar-refractivity contribution >= 4 is 18.0 Å². The lowest BCUT2D eigenvalue weighted by Gasteiger charge is -2.22. The Morgan fingerprint density at radius 3 is 2.06 bits per heavy atom. The van der Waals surface area contributed by atoms with Gasteiger partial charge in [-0.15, -0.1) is 0 Å². The summed E-state index contributed by atoms with van der Waals surface area (Å²) in [7, 11) is 0. The summed E-state index contributed by atoms with van der Waals surface area (Å²) in [5.74, 6) is -2.31. The summed E-state index contributed by atoms with van der Waals surface area (Å²) in [4.78, 5) is 36.5. The molecule has 0 heterocycles. The van der Waals surface area contributed by atoms with Gasteiger partial charge in [-0.2, -0.15) is 0 Å². The van der Waals surface area contributed by atoms with E-state index in [0.717, 1.165) is 35.1 Å². The van der Waals surface area contributed by atoms with Crippen molar-refractivity contribution in [3.8, 4) is 11.1 Å². The van der Waals surface area contributed by atoms with E-state index >= 15 is 0 Å². The van der Waals surface area contributed by atoms with Crippen LogP contribution in [0.1, 0.15) is 42.7 Å². The van der Waals surface area contributed by atoms with Crippen molar-refractivity contribution in [2.45, 2.75) is 50.1 Å². The van der Waals surface area contributed by atoms with Gasteiger partial charge in [-0.25, -0.2) is 18.4 Å². The molecule has 3 N–H and O–H groups in total. The Hall–Kier alpha value is -3.49. The van der Waals surface area contributed by atoms with Crippen molar-refractivity contribution in [3.63, 3.8) is 0 Å². The number of hydrogen-bond donors (Lipinski definition) is 3. The second-order valence-corrected chi connectivity index (χ2v) is 8.73. The number of fused-ring (bicyclic) bond motifs is 3. The molecule has 2 aromatic rings. The second kappa shape index (κ2) is 10.2. The van der Waals surface area contributed by atoms with Gasteiger partial charge in [-0.3, -0.25) is 4.79 Å². The molecule has 0 aliphatic heterocycles. The summed E-state index contributed by atoms with van der Waals surface area (Å²) in [6.45, 7) is 0.0563. The number of alkyl halides is 2. The number of benzene rings is 2. The molecule has 2 aromatic carbocycles. The van der Waals surface area contributed by atoms with Gasteiger partial charge in [-0.1, -0.05) is 61.4 Å². The van der Waals surface area contributed by atoms with Crippen LogP contribution in [0.5, 0.6) is 0 Å². The molecule has 2 aliphatic carbocycles. The van der Waals surface area contributed by atoms with Gasteiger partial charge in [0.05, 0.1) is 0 Å². The summed E-state index contributed by atoms with van der Waals surface area (Å²) < 4.78 is 30.8. The predicted molar refractivity (Wildman–Crippen MR) is 120 cm³/mol. The minimum atomic E-state index is -2.89. The normalized spacial score (nSPS) is 16.3. The van der Waals surface area contributed by atoms with E-state index in [2.05, 4.69) is 10.6 Å². The lowest BCUT2D eigenvalue weighted by molar-refractivity contribution is -0.143. The highest BCUT2D eigenvalue weighted by Crippen LogP contribution is 2.44. The third-order valence-corrected chi connectivity index (χ3v) is 6.25. The van der Waals surface area contributed by atoms with Gasteiger partial charge in [0.1, 0.15) is 18.7 Å². The number of aliphatic carboxylic acids is 1. The van der Waals surface area contributed by atoms with Crippen LogP contribution in [0.25, 0.3) is 11.1 Å². The molecule has 0 aromatic heterocycles. The van der Waals surface area contributed by atoms with Crippen molar-refractivity contribution in [3.05, 3.63) is 59.7 Å². The summed E-state index contributed by atoms with van der Waals surface area (Å²) in [5, 5.41) is 13.8. The Kier molecular flexibility index (Phi) is 7.09. The first-order valence-electron chi connectivity index (χ1n) is 11.3. The molecule has 0 bridgehead atoms. The zero-order chi connectivity index (χ0) is 24.2. The highest BCUT2D eigenvalue weighted by atomic mass is 19.3. The number of carbonyl (C=O) groups excluding carboxylic acids is 2. The van der Waals surface area contributed by atoms with Crippen LogP contribution in [0.2, 0.25) is 0 Å². The first kappa shape index (κ1) is 23.7. The molecule has 7 nitrogen and oxygen atoms in total. The Morgan fingerprint density at radius 1 is 0.941 bits per heavy atom. The van der Waals surface area contributed by atoms with Crippen LogP contribution in [0.15, 0.2) is 48.5 Å². The van der Waals surface area contributed by atoms with Crippen molar-refractivity contribution in [1.82, 2.24) is 10.6 Å². The molecule has 1 fully saturated rings. The molecule has 1 saturated carbocycles. The molecule has 0 saturated heterocycles. The zero-order valence-electron chi connectivity index (χ0n) is 18.4. The van der Waals surface area contributed by atoms with E-state index in [1.54, 1.807) is 0 Å². The first-order chi connectivity index (χ1) is 16.3. The summed E-state index contributed by atoms with van der Waals surface area (Å²) in [6.07, 6.45) is -2.66. The lowest BCUT2D eigenvalue weighted by atomic mass is 9.98. The largest absolute Gasteiger partial charge is 0.480 e. The van der Waals surface area contributed by atoms with Crippen molar-refractivity contribution in [2.24, 2.45) is 5.92 Å². The van der Waals surface area contributed by atoms with Gasteiger partial charge >= 0.3 is 12.1 Å². The van der Waals surface area contributed by atoms with Crippen LogP contribution in [-0.4, -0.2) is 48.2 Å². The van der Waals surface area contributed by atoms with Crippen LogP contribution < -0.4 is 10.6 Å². The molecule has 2 atom stereocenters. The van der Waals surface area contributed by atoms with Crippen LogP contribution in [0.4, 0.5) is 13.6 Å². The number of hydrogen-bond acceptors (Lipinski definition) is 4. The summed E-state index contributed by atoms with van der Waals surface area (Å²) in [5.41, 5.74) is 4.24. The van der Waals surface area contributed by atoms with Crippen LogP contribution >= 0.6 is 0 Å². The molecule has 180 valence electrons. The Morgan fingerprint density at radius 2 is 1.53 bits per heavy atom. The molecule has 0 radical (unpaired) electrons. The smallest absolute Gasteiger partial charge is 0.407 e. The molecular formula is C25H26F2N2O5. The number of ether oxygens (including phenoxy) is 1. The Balaban J connectivity index is 1.40. The fourth-order valence-corrected chi connectivity index (χ4v) is 4.37. The molecule has 0 spiro atoms. The fourth-order valence-electron chi connectivity index (χ4n) is 4.37. The molecular weight excluding hydrogens is 446 g/mol. The lowest BCUT2D eigenvalue weighted by Crippen LogP contribution is -2.52. The minimum Gasteiger partial charge on any atom is -0.480 e. The van der Waals surface area contributed by atoms with Crippen LogP contribution in [0.3, 0.4) is 0 Å². The predicted octanol–water partition coefficient (Wildman–Crippen LogP) is 3.92. The van der Waals surface area contributed by atoms with E-state index in [4.69, 9.17) is 9.84 Å². The topological polar surface area (TPSA) is 105 Å². The monoisotopic (exact) mass is 472 g/mol. The van der Waals surface area contributed by atoms with Gasteiger partial charge in [0.25, 0.3) is 0 Å². The van der Waals surface area contributed by atoms with E-state index in [1.165, 1.54) is 0 Å². The highest BCUT2D eigenvalue weighted by Gasteiger charge is 2.34. The van der Waals surface area contributed by atoms with Crippen molar-refractivity contribution in [2.75, 3.05) is 6.61 Å². The first-order valence-corrected chi connectivity index (χ1v) is 11.3. The van der Waals surface area contributed by atoms with Crippen molar-refractivity contribution in [1.29, 1.82) is 0 Å². The molecule has 2 aliphatic rings. The summed E-state index contributed by atoms with van der Waals surface area (Å²) in [6, 6.07) is 12.9. The van der Waals surface area contributed by atoms with Crippen LogP contribution in [0, 0.1) is 5.92 Å². The van der Waals surface area contributed by atoms with Gasteiger partial charge in [0, 0.05) is 12.3 Å². The fraction of sp³-hybridized carbons (Fsp3) is 0.400. The van der Waals surface area contributed by atoms with E-state index in [-0.39, 0.29) is 24.9 Å². The van der Waals surface area contributed by atoms with E-state index in [9.17, 15) is 23.2 Å². The van der Waals surface area contributed by atoms with Gasteiger partial charge in [-0.05, 0) is 34.6 Å². The van der Waals surface area contributed by atoms with Gasteiger partial charge in [0.15, 0.2) is 0 Å². The molecule has 4 rings (SSSR count). The number of carboxylic acids is 1. The maximum atomic E-state index is 12.7. The standard InChI is InChI=1S/C25H26F2N2O5/c26-22(27)12-21(24(31)32)28-23(30)20(11-14-9-10-14)29-25(33)34-13-19-17-7-3-1-5-15(17)16-6-2-4-8-18(16)19/h1-8,14,19-22H,9-13H2,(H,28,30)(H,29,33)(H,31,32). The maximum Gasteiger partial charge on any atom is 0.407 e. The quantitative estimate of drug-likeness (QED) is 0.486. The SMILES string of the molecule is O=C(NC(CC1CC1)C(=O)NC(CC(F)F)C(=O)O)OCC1c2ccccc2-c2ccccc21. The molecule has 2 unspecified atom stereocenters. The van der Waals surface area contributed by atoms with Crippen molar-refractivity contribution < 1.29 is 33.0 Å². The van der Waals surface area contributed by atoms with Gasteiger partial charge < -0.3 is 20.5 Å². The molecule has 2 amide bonds. The summed E-state index contributed by atoms with van der Waals surface area (Å²) >= 11 is 0. The molecule has 34 heavy (non-hydrogen) atoms. The van der Waals surface area contributed by atoms with E-state index in [1.807, 2.05) is 48.5 Å². The number of carboxylic acid groups (broad SMARTS) is 1. The average Bonchev–Trinajstić information content (AvgIpc) is 3.57. The molecule has 9 heteroatoms. The second-order valence-electron chi connectivity index (χ2n) is 8.73. The zero-order valence-corrected chi connectivity index (χ0v) is 18.4. The number of carbonyl (C=O) groups is 3. The maximum absolute atomic E-state index is 12.7. The minimum absolute atomic E-state index is 0.0563. The number of alkyl carbamates (subject to hydrolysis) is 1. The number of rotatable bonds is 10. The van der Waals surface area contributed by atoms with Crippen LogP contribution in [-0.2, 0) is 14.3 Å². The third-order valence-electron chi connectivity index (χ3n) is 6.25.